The van der Waals surface area contributed by atoms with Crippen molar-refractivity contribution in [1.82, 2.24) is 9.97 Å². The first-order valence-electron chi connectivity index (χ1n) is 10.8. The van der Waals surface area contributed by atoms with Crippen molar-refractivity contribution in [3.05, 3.63) is 89.2 Å². The van der Waals surface area contributed by atoms with Crippen LogP contribution < -0.4 is 5.32 Å². The van der Waals surface area contributed by atoms with Crippen LogP contribution in [0.15, 0.2) is 77.6 Å². The van der Waals surface area contributed by atoms with Gasteiger partial charge in [0.1, 0.15) is 16.9 Å². The van der Waals surface area contributed by atoms with Gasteiger partial charge in [-0.25, -0.2) is 9.97 Å². The third-order valence-electron chi connectivity index (χ3n) is 5.51. The van der Waals surface area contributed by atoms with Crippen LogP contribution in [0.2, 0.25) is 0 Å². The number of hydrogen-bond acceptors (Lipinski definition) is 6. The molecule has 0 aliphatic rings. The zero-order valence-corrected chi connectivity index (χ0v) is 19.0. The highest BCUT2D eigenvalue weighted by Crippen LogP contribution is 2.31. The van der Waals surface area contributed by atoms with Gasteiger partial charge in [0, 0.05) is 11.4 Å². The predicted octanol–water partition coefficient (Wildman–Crippen LogP) is 6.84. The molecule has 5 nitrogen and oxygen atoms in total. The molecule has 5 aromatic rings. The Morgan fingerprint density at radius 1 is 1.00 bits per heavy atom. The molecule has 1 N–H and O–H groups in total. The average molecular weight is 451 g/mol. The first-order valence-corrected chi connectivity index (χ1v) is 11.7. The van der Waals surface area contributed by atoms with Crippen molar-refractivity contribution < 1.29 is 4.42 Å². The minimum absolute atomic E-state index is 0.677. The highest BCUT2D eigenvalue weighted by Gasteiger charge is 2.12. The Kier molecular flexibility index (Phi) is 5.88. The van der Waals surface area contributed by atoms with E-state index >= 15 is 0 Å². The van der Waals surface area contributed by atoms with Crippen molar-refractivity contribution in [3.63, 3.8) is 0 Å². The highest BCUT2D eigenvalue weighted by atomic mass is 32.1. The third-order valence-corrected chi connectivity index (χ3v) is 6.45. The van der Waals surface area contributed by atoms with E-state index in [2.05, 4.69) is 48.6 Å². The largest absolute Gasteiger partial charge is 0.472 e. The number of thiophene rings is 1. The molecule has 0 unspecified atom stereocenters. The Morgan fingerprint density at radius 3 is 2.67 bits per heavy atom. The Labute approximate surface area is 196 Å². The molecule has 0 saturated carbocycles. The quantitative estimate of drug-likeness (QED) is 0.275. The maximum Gasteiger partial charge on any atom is 0.166 e. The summed E-state index contributed by atoms with van der Waals surface area (Å²) in [6.07, 6.45) is 5.27. The fourth-order valence-electron chi connectivity index (χ4n) is 3.83. The van der Waals surface area contributed by atoms with Crippen molar-refractivity contribution in [1.29, 1.82) is 5.26 Å². The smallest absolute Gasteiger partial charge is 0.166 e. The molecule has 3 heterocycles. The minimum atomic E-state index is 0.677. The molecule has 0 amide bonds. The van der Waals surface area contributed by atoms with Gasteiger partial charge in [0.15, 0.2) is 5.82 Å². The van der Waals surface area contributed by atoms with Gasteiger partial charge in [0.05, 0.1) is 28.8 Å². The number of nitrogens with one attached hydrogen (secondary N) is 1. The van der Waals surface area contributed by atoms with Crippen LogP contribution in [0.5, 0.6) is 0 Å². The number of nitriles is 1. The number of rotatable bonds is 7. The van der Waals surface area contributed by atoms with Crippen molar-refractivity contribution in [2.24, 2.45) is 0 Å². The van der Waals surface area contributed by atoms with Crippen molar-refractivity contribution in [2.45, 2.75) is 19.8 Å². The lowest BCUT2D eigenvalue weighted by atomic mass is 10.0. The lowest BCUT2D eigenvalue weighted by Gasteiger charge is -2.09. The van der Waals surface area contributed by atoms with Gasteiger partial charge in [0.25, 0.3) is 0 Å². The summed E-state index contributed by atoms with van der Waals surface area (Å²) in [4.78, 5) is 11.7. The van der Waals surface area contributed by atoms with Crippen molar-refractivity contribution in [3.8, 4) is 28.6 Å². The number of hydrogen-bond donors (Lipinski definition) is 1. The van der Waals surface area contributed by atoms with E-state index in [9.17, 15) is 0 Å². The molecule has 0 saturated heterocycles. The second-order valence-electron chi connectivity index (χ2n) is 7.90. The number of anilines is 1. The first kappa shape index (κ1) is 20.9. The van der Waals surface area contributed by atoms with E-state index in [1.165, 1.54) is 10.4 Å². The van der Waals surface area contributed by atoms with Gasteiger partial charge in [-0.15, -0.1) is 11.3 Å². The molecule has 0 atom stereocenters. The second kappa shape index (κ2) is 9.27. The molecule has 162 valence electrons. The molecule has 0 aliphatic carbocycles. The number of nitrogens with zero attached hydrogens (tertiary/aromatic N) is 3. The number of aromatic nitrogens is 2. The summed E-state index contributed by atoms with van der Waals surface area (Å²) in [6.45, 7) is 2.91. The molecule has 33 heavy (non-hydrogen) atoms. The zero-order valence-electron chi connectivity index (χ0n) is 18.2. The van der Waals surface area contributed by atoms with E-state index in [1.54, 1.807) is 23.9 Å². The molecule has 0 spiro atoms. The molecule has 5 rings (SSSR count). The average Bonchev–Trinajstić information content (AvgIpc) is 3.51. The van der Waals surface area contributed by atoms with Crippen LogP contribution in [-0.2, 0) is 6.42 Å². The number of fused-ring (bicyclic) bond motifs is 1. The predicted molar refractivity (Wildman–Crippen MR) is 133 cm³/mol. The van der Waals surface area contributed by atoms with Crippen LogP contribution in [0.3, 0.4) is 0 Å². The van der Waals surface area contributed by atoms with Gasteiger partial charge in [-0.05, 0) is 60.7 Å². The van der Waals surface area contributed by atoms with Gasteiger partial charge < -0.3 is 9.73 Å². The normalized spacial score (nSPS) is 10.9. The highest BCUT2D eigenvalue weighted by molar-refractivity contribution is 7.18. The monoisotopic (exact) mass is 450 g/mol. The SMILES string of the molecule is Cc1cc2c(NCCCc3ccc(-c4cccc(C#N)c4)cc3)nc(-c3ccoc3)nc2s1. The van der Waals surface area contributed by atoms with Crippen molar-refractivity contribution >= 4 is 27.4 Å². The van der Waals surface area contributed by atoms with E-state index in [1.807, 2.05) is 30.3 Å². The van der Waals surface area contributed by atoms with Gasteiger partial charge in [-0.3, -0.25) is 0 Å². The fourth-order valence-corrected chi connectivity index (χ4v) is 4.71. The lowest BCUT2D eigenvalue weighted by molar-refractivity contribution is 0.568. The number of furan rings is 1. The molecule has 0 aliphatic heterocycles. The van der Waals surface area contributed by atoms with Crippen LogP contribution in [0.1, 0.15) is 22.4 Å². The molecular weight excluding hydrogens is 428 g/mol. The van der Waals surface area contributed by atoms with Gasteiger partial charge >= 0.3 is 0 Å². The maximum atomic E-state index is 9.11. The standard InChI is InChI=1S/C27H22N4OS/c1-18-14-24-26(30-25(31-27(24)33-18)23-11-13-32-17-23)29-12-3-5-19-7-9-21(10-8-19)22-6-2-4-20(15-22)16-28/h2,4,6-11,13-15,17H,3,5,12H2,1H3,(H,29,30,31). The fraction of sp³-hybridized carbons (Fsp3) is 0.148. The van der Waals surface area contributed by atoms with E-state index in [-0.39, 0.29) is 0 Å². The molecule has 6 heteroatoms. The zero-order chi connectivity index (χ0) is 22.6. The van der Waals surface area contributed by atoms with Crippen LogP contribution in [0, 0.1) is 18.3 Å². The molecule has 0 bridgehead atoms. The van der Waals surface area contributed by atoms with E-state index < -0.39 is 0 Å². The summed E-state index contributed by atoms with van der Waals surface area (Å²) in [5, 5.41) is 13.7. The van der Waals surface area contributed by atoms with Crippen LogP contribution >= 0.6 is 11.3 Å². The molecule has 0 radical (unpaired) electrons. The van der Waals surface area contributed by atoms with Gasteiger partial charge in [0.2, 0.25) is 0 Å². The topological polar surface area (TPSA) is 74.7 Å². The Hall–Kier alpha value is -3.95. The van der Waals surface area contributed by atoms with Crippen LogP contribution in [0.25, 0.3) is 32.7 Å². The van der Waals surface area contributed by atoms with E-state index in [0.29, 0.717) is 11.4 Å². The Morgan fingerprint density at radius 2 is 1.88 bits per heavy atom. The van der Waals surface area contributed by atoms with E-state index in [0.717, 1.165) is 52.1 Å². The third kappa shape index (κ3) is 4.64. The first-order chi connectivity index (χ1) is 16.2. The number of aryl methyl sites for hydroxylation is 2. The Balaban J connectivity index is 1.24. The molecule has 0 fully saturated rings. The number of benzene rings is 2. The lowest BCUT2D eigenvalue weighted by Crippen LogP contribution is -2.06. The summed E-state index contributed by atoms with van der Waals surface area (Å²) in [6, 6.07) is 22.5. The van der Waals surface area contributed by atoms with Crippen LogP contribution in [-0.4, -0.2) is 16.5 Å². The van der Waals surface area contributed by atoms with E-state index in [4.69, 9.17) is 19.6 Å². The summed E-state index contributed by atoms with van der Waals surface area (Å²) < 4.78 is 5.21. The van der Waals surface area contributed by atoms with Gasteiger partial charge in [-0.2, -0.15) is 5.26 Å². The summed E-state index contributed by atoms with van der Waals surface area (Å²) >= 11 is 1.68. The summed E-state index contributed by atoms with van der Waals surface area (Å²) in [7, 11) is 0. The minimum Gasteiger partial charge on any atom is -0.472 e. The van der Waals surface area contributed by atoms with Crippen molar-refractivity contribution in [2.75, 3.05) is 11.9 Å². The molecule has 2 aromatic carbocycles. The molecule has 3 aromatic heterocycles. The van der Waals surface area contributed by atoms with Crippen LogP contribution in [0.4, 0.5) is 5.82 Å². The van der Waals surface area contributed by atoms with Gasteiger partial charge in [-0.1, -0.05) is 36.4 Å². The summed E-state index contributed by atoms with van der Waals surface area (Å²) in [5.41, 5.74) is 5.03. The second-order valence-corrected chi connectivity index (χ2v) is 9.14. The molecular formula is C27H22N4OS. The Bertz CT molecular complexity index is 1430. The summed E-state index contributed by atoms with van der Waals surface area (Å²) in [5.74, 6) is 1.55. The maximum absolute atomic E-state index is 9.11.